The van der Waals surface area contributed by atoms with Crippen LogP contribution in [-0.4, -0.2) is 50.5 Å². The van der Waals surface area contributed by atoms with Gasteiger partial charge in [0, 0.05) is 22.6 Å². The fourth-order valence-electron chi connectivity index (χ4n) is 3.09. The first kappa shape index (κ1) is 26.2. The molecule has 0 saturated heterocycles. The smallest absolute Gasteiger partial charge is 0.244 e. The van der Waals surface area contributed by atoms with Gasteiger partial charge in [-0.25, -0.2) is 8.42 Å². The standard InChI is InChI=1S/C22H27BrClN3O4S/c1-5-25-22(29)16(3)26(13-17-7-6-8-18(23)11-17)21(28)14-27(32(4,30)31)19-10-9-15(2)20(24)12-19/h6-12,16H,5,13-14H2,1-4H3,(H,25,29)/t16-/m1/s1. The molecule has 0 spiro atoms. The molecule has 0 aliphatic carbocycles. The van der Waals surface area contributed by atoms with Gasteiger partial charge in [0.05, 0.1) is 11.9 Å². The molecule has 2 amide bonds. The summed E-state index contributed by atoms with van der Waals surface area (Å²) in [6.45, 7) is 5.31. The van der Waals surface area contributed by atoms with Crippen LogP contribution in [0.3, 0.4) is 0 Å². The van der Waals surface area contributed by atoms with E-state index in [1.807, 2.05) is 24.3 Å². The minimum absolute atomic E-state index is 0.142. The minimum atomic E-state index is -3.79. The van der Waals surface area contributed by atoms with Crippen LogP contribution in [0.15, 0.2) is 46.9 Å². The Morgan fingerprint density at radius 3 is 2.44 bits per heavy atom. The second-order valence-corrected chi connectivity index (χ2v) is 10.7. The number of anilines is 1. The van der Waals surface area contributed by atoms with Crippen molar-refractivity contribution in [3.8, 4) is 0 Å². The van der Waals surface area contributed by atoms with Crippen molar-refractivity contribution in [2.75, 3.05) is 23.7 Å². The number of rotatable bonds is 9. The molecule has 0 radical (unpaired) electrons. The van der Waals surface area contributed by atoms with Gasteiger partial charge in [0.2, 0.25) is 21.8 Å². The van der Waals surface area contributed by atoms with Gasteiger partial charge in [-0.15, -0.1) is 0 Å². The summed E-state index contributed by atoms with van der Waals surface area (Å²) in [7, 11) is -3.79. The topological polar surface area (TPSA) is 86.8 Å². The van der Waals surface area contributed by atoms with E-state index in [0.29, 0.717) is 11.6 Å². The van der Waals surface area contributed by atoms with Crippen molar-refractivity contribution in [2.24, 2.45) is 0 Å². The molecule has 1 N–H and O–H groups in total. The van der Waals surface area contributed by atoms with Crippen molar-refractivity contribution in [3.05, 3.63) is 63.1 Å². The molecule has 0 aliphatic rings. The maximum atomic E-state index is 13.4. The minimum Gasteiger partial charge on any atom is -0.355 e. The lowest BCUT2D eigenvalue weighted by atomic mass is 10.1. The van der Waals surface area contributed by atoms with Gasteiger partial charge < -0.3 is 10.2 Å². The van der Waals surface area contributed by atoms with Crippen LogP contribution < -0.4 is 9.62 Å². The molecule has 0 unspecified atom stereocenters. The highest BCUT2D eigenvalue weighted by molar-refractivity contribution is 9.10. The van der Waals surface area contributed by atoms with Crippen LogP contribution in [0.2, 0.25) is 5.02 Å². The SMILES string of the molecule is CCNC(=O)[C@@H](C)N(Cc1cccc(Br)c1)C(=O)CN(c1ccc(C)c(Cl)c1)S(C)(=O)=O. The van der Waals surface area contributed by atoms with Gasteiger partial charge in [-0.2, -0.15) is 0 Å². The number of nitrogens with zero attached hydrogens (tertiary/aromatic N) is 2. The molecule has 0 saturated carbocycles. The van der Waals surface area contributed by atoms with E-state index in [-0.39, 0.29) is 18.1 Å². The molecule has 7 nitrogen and oxygen atoms in total. The lowest BCUT2D eigenvalue weighted by molar-refractivity contribution is -0.139. The molecular weight excluding hydrogens is 518 g/mol. The number of nitrogens with one attached hydrogen (secondary N) is 1. The van der Waals surface area contributed by atoms with Crippen molar-refractivity contribution in [1.29, 1.82) is 0 Å². The van der Waals surface area contributed by atoms with E-state index in [4.69, 9.17) is 11.6 Å². The summed E-state index contributed by atoms with van der Waals surface area (Å²) >= 11 is 9.59. The molecule has 0 bridgehead atoms. The number of halogens is 2. The number of sulfonamides is 1. The molecule has 0 fully saturated rings. The van der Waals surface area contributed by atoms with Crippen molar-refractivity contribution < 1.29 is 18.0 Å². The van der Waals surface area contributed by atoms with Crippen molar-refractivity contribution in [1.82, 2.24) is 10.2 Å². The maximum absolute atomic E-state index is 13.4. The van der Waals surface area contributed by atoms with Crippen molar-refractivity contribution in [2.45, 2.75) is 33.4 Å². The van der Waals surface area contributed by atoms with E-state index >= 15 is 0 Å². The van der Waals surface area contributed by atoms with Gasteiger partial charge in [-0.1, -0.05) is 45.7 Å². The number of aryl methyl sites for hydroxylation is 1. The molecule has 174 valence electrons. The van der Waals surface area contributed by atoms with Crippen LogP contribution in [0, 0.1) is 6.92 Å². The molecule has 2 aromatic rings. The van der Waals surface area contributed by atoms with Crippen LogP contribution in [0.4, 0.5) is 5.69 Å². The third kappa shape index (κ3) is 6.95. The van der Waals surface area contributed by atoms with Gasteiger partial charge in [0.15, 0.2) is 0 Å². The molecule has 1 atom stereocenters. The second kappa shape index (κ2) is 11.2. The zero-order chi connectivity index (χ0) is 24.1. The Labute approximate surface area is 202 Å². The summed E-state index contributed by atoms with van der Waals surface area (Å²) in [5.41, 5.74) is 1.87. The van der Waals surface area contributed by atoms with Crippen LogP contribution in [0.25, 0.3) is 0 Å². The van der Waals surface area contributed by atoms with E-state index in [1.165, 1.54) is 11.0 Å². The Balaban J connectivity index is 2.40. The highest BCUT2D eigenvalue weighted by Crippen LogP contribution is 2.25. The number of likely N-dealkylation sites (N-methyl/N-ethyl adjacent to an activating group) is 1. The van der Waals surface area contributed by atoms with Crippen LogP contribution in [0.1, 0.15) is 25.0 Å². The summed E-state index contributed by atoms with van der Waals surface area (Å²) in [5, 5.41) is 3.11. The molecule has 32 heavy (non-hydrogen) atoms. The molecule has 10 heteroatoms. The average molecular weight is 545 g/mol. The molecule has 0 aliphatic heterocycles. The molecule has 2 rings (SSSR count). The average Bonchev–Trinajstić information content (AvgIpc) is 2.71. The first-order valence-electron chi connectivity index (χ1n) is 9.99. The van der Waals surface area contributed by atoms with Crippen LogP contribution in [0.5, 0.6) is 0 Å². The van der Waals surface area contributed by atoms with Crippen molar-refractivity contribution in [3.63, 3.8) is 0 Å². The molecule has 2 aromatic carbocycles. The number of hydrogen-bond acceptors (Lipinski definition) is 4. The normalized spacial score (nSPS) is 12.2. The number of amides is 2. The summed E-state index contributed by atoms with van der Waals surface area (Å²) in [4.78, 5) is 27.3. The summed E-state index contributed by atoms with van der Waals surface area (Å²) in [6, 6.07) is 11.4. The highest BCUT2D eigenvalue weighted by Gasteiger charge is 2.30. The molecule has 0 aromatic heterocycles. The van der Waals surface area contributed by atoms with E-state index in [1.54, 1.807) is 32.9 Å². The Kier molecular flexibility index (Phi) is 9.12. The summed E-state index contributed by atoms with van der Waals surface area (Å²) < 4.78 is 26.9. The Morgan fingerprint density at radius 2 is 1.88 bits per heavy atom. The first-order chi connectivity index (χ1) is 14.9. The Bertz CT molecular complexity index is 1090. The monoisotopic (exact) mass is 543 g/mol. The van der Waals surface area contributed by atoms with E-state index in [0.717, 1.165) is 26.2 Å². The predicted molar refractivity (Wildman–Crippen MR) is 131 cm³/mol. The molecule has 0 heterocycles. The van der Waals surface area contributed by atoms with Gasteiger partial charge in [-0.3, -0.25) is 13.9 Å². The van der Waals surface area contributed by atoms with Crippen LogP contribution in [-0.2, 0) is 26.2 Å². The lowest BCUT2D eigenvalue weighted by Crippen LogP contribution is -2.51. The maximum Gasteiger partial charge on any atom is 0.244 e. The predicted octanol–water partition coefficient (Wildman–Crippen LogP) is 3.73. The number of benzene rings is 2. The lowest BCUT2D eigenvalue weighted by Gasteiger charge is -2.31. The Morgan fingerprint density at radius 1 is 1.19 bits per heavy atom. The fraction of sp³-hybridized carbons (Fsp3) is 0.364. The van der Waals surface area contributed by atoms with E-state index in [2.05, 4.69) is 21.2 Å². The number of carbonyl (C=O) groups is 2. The van der Waals surface area contributed by atoms with Gasteiger partial charge >= 0.3 is 0 Å². The third-order valence-electron chi connectivity index (χ3n) is 4.88. The van der Waals surface area contributed by atoms with E-state index < -0.39 is 28.5 Å². The van der Waals surface area contributed by atoms with Crippen molar-refractivity contribution >= 4 is 55.1 Å². The fourth-order valence-corrected chi connectivity index (χ4v) is 4.55. The zero-order valence-electron chi connectivity index (χ0n) is 18.4. The van der Waals surface area contributed by atoms with Crippen LogP contribution >= 0.6 is 27.5 Å². The number of hydrogen-bond donors (Lipinski definition) is 1. The summed E-state index contributed by atoms with van der Waals surface area (Å²) in [5.74, 6) is -0.828. The number of carbonyl (C=O) groups excluding carboxylic acids is 2. The quantitative estimate of drug-likeness (QED) is 0.521. The largest absolute Gasteiger partial charge is 0.355 e. The van der Waals surface area contributed by atoms with Gasteiger partial charge in [0.1, 0.15) is 12.6 Å². The first-order valence-corrected chi connectivity index (χ1v) is 13.0. The second-order valence-electron chi connectivity index (χ2n) is 7.43. The third-order valence-corrected chi connectivity index (χ3v) is 6.92. The molecular formula is C22H27BrClN3O4S. The van der Waals surface area contributed by atoms with Gasteiger partial charge in [-0.05, 0) is 56.2 Å². The summed E-state index contributed by atoms with van der Waals surface area (Å²) in [6.07, 6.45) is 1.03. The zero-order valence-corrected chi connectivity index (χ0v) is 21.6. The van der Waals surface area contributed by atoms with E-state index in [9.17, 15) is 18.0 Å². The highest BCUT2D eigenvalue weighted by atomic mass is 79.9. The Hall–Kier alpha value is -2.10. The van der Waals surface area contributed by atoms with Gasteiger partial charge in [0.25, 0.3) is 0 Å².